The summed E-state index contributed by atoms with van der Waals surface area (Å²) >= 11 is 1.32. The largest absolute Gasteiger partial charge is 0.452 e. The molecule has 0 unspecified atom stereocenters. The van der Waals surface area contributed by atoms with Gasteiger partial charge < -0.3 is 24.5 Å². The number of hydrogen-bond acceptors (Lipinski definition) is 11. The fraction of sp³-hybridized carbons (Fsp3) is 0.231. The van der Waals surface area contributed by atoms with Gasteiger partial charge in [-0.15, -0.1) is 11.3 Å². The standard InChI is InChI=1S/C26H21FN6O6S/c27-19-2-1-16(23-21(19)30-11-40-23)20-7-17-18(9-29-24(28)22(17)39-20)14-8-31-33(10-14)15-3-5-32(6-4-15)25(36)26(37-12-34)38-13-35/h1-2,7-13,15,26H,3-6H2,(H2,28,29). The van der Waals surface area contributed by atoms with Crippen molar-refractivity contribution < 1.29 is 32.7 Å². The van der Waals surface area contributed by atoms with Gasteiger partial charge in [0.25, 0.3) is 12.9 Å². The minimum Gasteiger partial charge on any atom is -0.452 e. The number of pyridine rings is 1. The maximum atomic E-state index is 14.2. The molecule has 0 bridgehead atoms. The quantitative estimate of drug-likeness (QED) is 0.218. The Labute approximate surface area is 229 Å². The third kappa shape index (κ3) is 4.41. The van der Waals surface area contributed by atoms with Crippen molar-refractivity contribution in [1.82, 2.24) is 24.6 Å². The molecule has 0 atom stereocenters. The number of halogens is 1. The Morgan fingerprint density at radius 1 is 1.15 bits per heavy atom. The molecule has 1 aromatic carbocycles. The van der Waals surface area contributed by atoms with E-state index in [-0.39, 0.29) is 30.3 Å². The number of aromatic nitrogens is 4. The fourth-order valence-corrected chi connectivity index (χ4v) is 5.77. The lowest BCUT2D eigenvalue weighted by Gasteiger charge is -2.33. The summed E-state index contributed by atoms with van der Waals surface area (Å²) in [6.45, 7) is 0.857. The highest BCUT2D eigenvalue weighted by Gasteiger charge is 2.31. The molecule has 1 saturated heterocycles. The molecule has 12 nitrogen and oxygen atoms in total. The third-order valence-corrected chi connectivity index (χ3v) is 7.77. The number of hydrogen-bond donors (Lipinski definition) is 1. The molecule has 5 heterocycles. The van der Waals surface area contributed by atoms with Crippen molar-refractivity contribution >= 4 is 57.2 Å². The lowest BCUT2D eigenvalue weighted by molar-refractivity contribution is -0.185. The summed E-state index contributed by atoms with van der Waals surface area (Å²) in [5.74, 6) is -0.247. The zero-order chi connectivity index (χ0) is 27.8. The highest BCUT2D eigenvalue weighted by molar-refractivity contribution is 7.17. The number of ether oxygens (including phenoxy) is 2. The number of likely N-dealkylation sites (tertiary alicyclic amines) is 1. The van der Waals surface area contributed by atoms with Crippen LogP contribution in [0, 0.1) is 5.82 Å². The Morgan fingerprint density at radius 3 is 2.67 bits per heavy atom. The van der Waals surface area contributed by atoms with E-state index in [1.807, 2.05) is 16.9 Å². The van der Waals surface area contributed by atoms with Crippen LogP contribution in [0.5, 0.6) is 0 Å². The second-order valence-electron chi connectivity index (χ2n) is 9.10. The predicted molar refractivity (Wildman–Crippen MR) is 141 cm³/mol. The Hall–Kier alpha value is -4.85. The summed E-state index contributed by atoms with van der Waals surface area (Å²) in [6, 6.07) is 4.88. The van der Waals surface area contributed by atoms with Crippen LogP contribution in [0.2, 0.25) is 0 Å². The number of anilines is 1. The van der Waals surface area contributed by atoms with Gasteiger partial charge in [0.05, 0.1) is 22.4 Å². The number of benzene rings is 1. The predicted octanol–water partition coefficient (Wildman–Crippen LogP) is 3.52. The summed E-state index contributed by atoms with van der Waals surface area (Å²) in [6.07, 6.45) is 4.86. The van der Waals surface area contributed by atoms with Crippen LogP contribution in [0.3, 0.4) is 0 Å². The molecule has 40 heavy (non-hydrogen) atoms. The number of fused-ring (bicyclic) bond motifs is 2. The Morgan fingerprint density at radius 2 is 1.93 bits per heavy atom. The fourth-order valence-electron chi connectivity index (χ4n) is 4.94. The second kappa shape index (κ2) is 10.4. The highest BCUT2D eigenvalue weighted by Crippen LogP contribution is 2.40. The summed E-state index contributed by atoms with van der Waals surface area (Å²) in [7, 11) is 0. The molecule has 1 fully saturated rings. The zero-order valence-corrected chi connectivity index (χ0v) is 21.5. The number of nitrogen functional groups attached to an aromatic ring is 1. The SMILES string of the molecule is Nc1ncc(-c2cnn(C3CCN(C(=O)C(OC=O)OC=O)CC3)c2)c2cc(-c3ccc(F)c4ncsc34)oc12. The molecule has 0 aliphatic carbocycles. The maximum Gasteiger partial charge on any atom is 0.325 e. The van der Waals surface area contributed by atoms with Crippen LogP contribution in [0.1, 0.15) is 18.9 Å². The van der Waals surface area contributed by atoms with Crippen molar-refractivity contribution in [3.05, 3.63) is 48.1 Å². The molecule has 0 saturated carbocycles. The van der Waals surface area contributed by atoms with Gasteiger partial charge in [0, 0.05) is 47.6 Å². The Balaban J connectivity index is 1.25. The van der Waals surface area contributed by atoms with Crippen LogP contribution < -0.4 is 5.73 Å². The smallest absolute Gasteiger partial charge is 0.325 e. The van der Waals surface area contributed by atoms with Gasteiger partial charge in [0.2, 0.25) is 0 Å². The average molecular weight is 565 g/mol. The number of nitrogens with two attached hydrogens (primary N) is 1. The Kier molecular flexibility index (Phi) is 6.59. The molecule has 1 amide bonds. The molecule has 204 valence electrons. The zero-order valence-electron chi connectivity index (χ0n) is 20.7. The maximum absolute atomic E-state index is 14.2. The average Bonchev–Trinajstić information content (AvgIpc) is 3.74. The molecule has 0 radical (unpaired) electrons. The van der Waals surface area contributed by atoms with Gasteiger partial charge in [-0.3, -0.25) is 19.1 Å². The van der Waals surface area contributed by atoms with Crippen molar-refractivity contribution in [3.63, 3.8) is 0 Å². The van der Waals surface area contributed by atoms with E-state index in [0.717, 1.165) is 16.5 Å². The number of carbonyl (C=O) groups excluding carboxylic acids is 3. The van der Waals surface area contributed by atoms with Crippen molar-refractivity contribution in [2.24, 2.45) is 0 Å². The lowest BCUT2D eigenvalue weighted by Crippen LogP contribution is -2.45. The molecular weight excluding hydrogens is 543 g/mol. The van der Waals surface area contributed by atoms with Crippen molar-refractivity contribution in [2.75, 3.05) is 18.8 Å². The van der Waals surface area contributed by atoms with E-state index in [1.54, 1.807) is 24.0 Å². The van der Waals surface area contributed by atoms with E-state index >= 15 is 0 Å². The summed E-state index contributed by atoms with van der Waals surface area (Å²) in [5, 5.41) is 5.29. The van der Waals surface area contributed by atoms with E-state index in [1.165, 1.54) is 22.3 Å². The molecule has 1 aliphatic heterocycles. The van der Waals surface area contributed by atoms with Crippen LogP contribution in [0.15, 0.2) is 46.7 Å². The number of furan rings is 1. The van der Waals surface area contributed by atoms with E-state index in [2.05, 4.69) is 24.5 Å². The number of carbonyl (C=O) groups is 3. The topological polar surface area (TPSA) is 156 Å². The third-order valence-electron chi connectivity index (χ3n) is 6.91. The van der Waals surface area contributed by atoms with E-state index in [0.29, 0.717) is 47.5 Å². The van der Waals surface area contributed by atoms with E-state index in [4.69, 9.17) is 10.2 Å². The van der Waals surface area contributed by atoms with Gasteiger partial charge >= 0.3 is 12.2 Å². The first kappa shape index (κ1) is 25.4. The normalized spacial score (nSPS) is 14.2. The second-order valence-corrected chi connectivity index (χ2v) is 9.95. The van der Waals surface area contributed by atoms with Crippen LogP contribution >= 0.6 is 11.3 Å². The first-order valence-corrected chi connectivity index (χ1v) is 13.1. The first-order chi connectivity index (χ1) is 19.5. The molecule has 14 heteroatoms. The molecule has 6 rings (SSSR count). The summed E-state index contributed by atoms with van der Waals surface area (Å²) in [4.78, 5) is 43.7. The van der Waals surface area contributed by atoms with Gasteiger partial charge in [0.1, 0.15) is 17.1 Å². The van der Waals surface area contributed by atoms with Gasteiger partial charge in [-0.1, -0.05) is 0 Å². The molecule has 4 aromatic heterocycles. The Bertz CT molecular complexity index is 1730. The molecule has 2 N–H and O–H groups in total. The molecule has 5 aromatic rings. The minimum absolute atomic E-state index is 0.00574. The number of piperidine rings is 1. The van der Waals surface area contributed by atoms with Gasteiger partial charge in [-0.2, -0.15) is 5.10 Å². The van der Waals surface area contributed by atoms with Crippen LogP contribution in [-0.4, -0.2) is 62.9 Å². The van der Waals surface area contributed by atoms with Crippen LogP contribution in [0.4, 0.5) is 10.2 Å². The number of thiazole rings is 1. The number of rotatable bonds is 8. The first-order valence-electron chi connectivity index (χ1n) is 12.2. The van der Waals surface area contributed by atoms with E-state index in [9.17, 15) is 18.8 Å². The highest BCUT2D eigenvalue weighted by atomic mass is 32.1. The lowest BCUT2D eigenvalue weighted by atomic mass is 10.0. The van der Waals surface area contributed by atoms with Crippen molar-refractivity contribution in [1.29, 1.82) is 0 Å². The van der Waals surface area contributed by atoms with Gasteiger partial charge in [-0.05, 0) is 31.0 Å². The van der Waals surface area contributed by atoms with Gasteiger partial charge in [0.15, 0.2) is 11.4 Å². The minimum atomic E-state index is -1.59. The summed E-state index contributed by atoms with van der Waals surface area (Å²) < 4.78 is 32.0. The molecule has 1 aliphatic rings. The van der Waals surface area contributed by atoms with E-state index < -0.39 is 18.0 Å². The number of amides is 1. The monoisotopic (exact) mass is 564 g/mol. The van der Waals surface area contributed by atoms with Crippen molar-refractivity contribution in [3.8, 4) is 22.5 Å². The summed E-state index contributed by atoms with van der Waals surface area (Å²) in [5.41, 5.74) is 10.7. The molecule has 0 spiro atoms. The van der Waals surface area contributed by atoms with Crippen molar-refractivity contribution in [2.45, 2.75) is 25.2 Å². The van der Waals surface area contributed by atoms with Crippen LogP contribution in [0.25, 0.3) is 43.6 Å². The van der Waals surface area contributed by atoms with Crippen LogP contribution in [-0.2, 0) is 23.9 Å². The molecular formula is C26H21FN6O6S. The number of nitrogens with zero attached hydrogens (tertiary/aromatic N) is 5. The van der Waals surface area contributed by atoms with Gasteiger partial charge in [-0.25, -0.2) is 14.4 Å².